The first kappa shape index (κ1) is 19.8. The third-order valence-electron chi connectivity index (χ3n) is 4.07. The predicted octanol–water partition coefficient (Wildman–Crippen LogP) is 4.09. The average Bonchev–Trinajstić information content (AvgIpc) is 2.60. The van der Waals surface area contributed by atoms with Gasteiger partial charge in [0.1, 0.15) is 11.5 Å². The van der Waals surface area contributed by atoms with Gasteiger partial charge < -0.3 is 14.2 Å². The van der Waals surface area contributed by atoms with E-state index in [1.807, 2.05) is 6.07 Å². The van der Waals surface area contributed by atoms with Gasteiger partial charge in [-0.1, -0.05) is 15.9 Å². The Bertz CT molecular complexity index is 614. The van der Waals surface area contributed by atoms with Crippen molar-refractivity contribution < 1.29 is 23.8 Å². The Hall–Kier alpha value is -1.56. The van der Waals surface area contributed by atoms with Gasteiger partial charge in [-0.3, -0.25) is 4.79 Å². The molecule has 0 radical (unpaired) electrons. The van der Waals surface area contributed by atoms with E-state index in [-0.39, 0.29) is 11.8 Å². The van der Waals surface area contributed by atoms with Crippen molar-refractivity contribution in [1.29, 1.82) is 0 Å². The number of hydrogen-bond acceptors (Lipinski definition) is 5. The molecular formula is C19H25BrO5. The van der Waals surface area contributed by atoms with Crippen molar-refractivity contribution in [3.05, 3.63) is 23.3 Å². The summed E-state index contributed by atoms with van der Waals surface area (Å²) in [7, 11) is 0. The molecule has 1 aliphatic rings. The van der Waals surface area contributed by atoms with Crippen LogP contribution in [-0.4, -0.2) is 36.4 Å². The number of esters is 1. The minimum atomic E-state index is -0.595. The molecule has 138 valence electrons. The maximum absolute atomic E-state index is 11.9. The number of aryl methyl sites for hydroxylation is 1. The molecule has 1 aromatic rings. The predicted molar refractivity (Wildman–Crippen MR) is 99.0 cm³/mol. The van der Waals surface area contributed by atoms with Crippen molar-refractivity contribution in [2.45, 2.75) is 52.1 Å². The Morgan fingerprint density at radius 2 is 2.08 bits per heavy atom. The molecule has 1 aromatic carbocycles. The number of Topliss-reactive ketones (excluding diaryl/α,β-unsaturated/α-hetero) is 1. The molecular weight excluding hydrogens is 388 g/mol. The summed E-state index contributed by atoms with van der Waals surface area (Å²) in [5.41, 5.74) is 1.50. The van der Waals surface area contributed by atoms with Gasteiger partial charge >= 0.3 is 5.97 Å². The summed E-state index contributed by atoms with van der Waals surface area (Å²) in [6.45, 7) is 4.19. The fourth-order valence-electron chi connectivity index (χ4n) is 2.76. The molecule has 1 atom stereocenters. The number of hydrogen-bond donors (Lipinski definition) is 0. The number of rotatable bonds is 9. The number of alkyl halides is 1. The molecule has 0 bridgehead atoms. The first-order chi connectivity index (χ1) is 12.1. The number of carbonyl (C=O) groups excluding carboxylic acids is 2. The van der Waals surface area contributed by atoms with E-state index in [2.05, 4.69) is 15.9 Å². The fourth-order valence-corrected chi connectivity index (χ4v) is 3.16. The first-order valence-electron chi connectivity index (χ1n) is 8.76. The smallest absolute Gasteiger partial charge is 0.347 e. The number of benzene rings is 1. The third kappa shape index (κ3) is 5.46. The van der Waals surface area contributed by atoms with Crippen molar-refractivity contribution in [1.82, 2.24) is 0 Å². The summed E-state index contributed by atoms with van der Waals surface area (Å²) in [4.78, 5) is 23.8. The molecule has 1 heterocycles. The maximum atomic E-state index is 11.9. The molecule has 0 spiro atoms. The minimum absolute atomic E-state index is 0.0363. The van der Waals surface area contributed by atoms with Crippen LogP contribution in [0.4, 0.5) is 0 Å². The molecule has 0 saturated carbocycles. The molecule has 5 nitrogen and oxygen atoms in total. The highest BCUT2D eigenvalue weighted by Gasteiger charge is 2.28. The van der Waals surface area contributed by atoms with E-state index >= 15 is 0 Å². The van der Waals surface area contributed by atoms with Crippen molar-refractivity contribution in [3.8, 4) is 11.5 Å². The number of fused-ring (bicyclic) bond motifs is 1. The standard InChI is InChI=1S/C19H25BrO5/c1-3-23-19(22)16-8-7-14-11-15(13(2)21)18(12-17(14)25-16)24-10-6-4-5-9-20/h11-12,16H,3-10H2,1-2H3. The van der Waals surface area contributed by atoms with Gasteiger partial charge in [-0.2, -0.15) is 0 Å². The van der Waals surface area contributed by atoms with Gasteiger partial charge in [0.15, 0.2) is 11.9 Å². The summed E-state index contributed by atoms with van der Waals surface area (Å²) >= 11 is 3.41. The van der Waals surface area contributed by atoms with Crippen molar-refractivity contribution in [2.75, 3.05) is 18.5 Å². The third-order valence-corrected chi connectivity index (χ3v) is 4.63. The summed E-state index contributed by atoms with van der Waals surface area (Å²) in [5, 5.41) is 0.980. The zero-order chi connectivity index (χ0) is 18.2. The molecule has 1 unspecified atom stereocenters. The topological polar surface area (TPSA) is 61.8 Å². The number of ether oxygens (including phenoxy) is 3. The molecule has 0 aliphatic carbocycles. The summed E-state index contributed by atoms with van der Waals surface area (Å²) in [6.07, 6.45) is 3.71. The second-order valence-electron chi connectivity index (χ2n) is 6.01. The van der Waals surface area contributed by atoms with Gasteiger partial charge in [0.2, 0.25) is 0 Å². The van der Waals surface area contributed by atoms with E-state index in [9.17, 15) is 9.59 Å². The molecule has 1 aliphatic heterocycles. The zero-order valence-electron chi connectivity index (χ0n) is 14.8. The van der Waals surface area contributed by atoms with Crippen LogP contribution >= 0.6 is 15.9 Å². The van der Waals surface area contributed by atoms with Crippen LogP contribution in [0.2, 0.25) is 0 Å². The molecule has 25 heavy (non-hydrogen) atoms. The Kier molecular flexibility index (Phi) is 7.75. The van der Waals surface area contributed by atoms with Crippen LogP contribution in [0.25, 0.3) is 0 Å². The van der Waals surface area contributed by atoms with Crippen LogP contribution < -0.4 is 9.47 Å². The first-order valence-corrected chi connectivity index (χ1v) is 9.88. The van der Waals surface area contributed by atoms with Gasteiger partial charge in [-0.05, 0) is 57.6 Å². The largest absolute Gasteiger partial charge is 0.493 e. The fraction of sp³-hybridized carbons (Fsp3) is 0.579. The van der Waals surface area contributed by atoms with E-state index in [1.165, 1.54) is 6.92 Å². The molecule has 0 N–H and O–H groups in total. The van der Waals surface area contributed by atoms with E-state index in [4.69, 9.17) is 14.2 Å². The lowest BCUT2D eigenvalue weighted by atomic mass is 9.98. The van der Waals surface area contributed by atoms with Crippen LogP contribution in [0.15, 0.2) is 12.1 Å². The van der Waals surface area contributed by atoms with Crippen LogP contribution in [0, 0.1) is 0 Å². The van der Waals surface area contributed by atoms with E-state index < -0.39 is 6.10 Å². The summed E-state index contributed by atoms with van der Waals surface area (Å²) in [6, 6.07) is 3.56. The monoisotopic (exact) mass is 412 g/mol. The van der Waals surface area contributed by atoms with Crippen LogP contribution in [0.5, 0.6) is 11.5 Å². The van der Waals surface area contributed by atoms with Gasteiger partial charge in [-0.25, -0.2) is 4.79 Å². The highest BCUT2D eigenvalue weighted by Crippen LogP contribution is 2.35. The number of unbranched alkanes of at least 4 members (excludes halogenated alkanes) is 2. The van der Waals surface area contributed by atoms with Crippen LogP contribution in [-0.2, 0) is 16.0 Å². The Morgan fingerprint density at radius 3 is 2.76 bits per heavy atom. The molecule has 0 aromatic heterocycles. The average molecular weight is 413 g/mol. The maximum Gasteiger partial charge on any atom is 0.347 e. The van der Waals surface area contributed by atoms with Gasteiger partial charge in [0.05, 0.1) is 18.8 Å². The van der Waals surface area contributed by atoms with E-state index in [1.54, 1.807) is 13.0 Å². The molecule has 0 amide bonds. The van der Waals surface area contributed by atoms with E-state index in [0.717, 1.165) is 30.2 Å². The Labute approximate surface area is 157 Å². The van der Waals surface area contributed by atoms with Crippen molar-refractivity contribution >= 4 is 27.7 Å². The van der Waals surface area contributed by atoms with Crippen LogP contribution in [0.1, 0.15) is 55.5 Å². The second-order valence-corrected chi connectivity index (χ2v) is 6.80. The molecule has 2 rings (SSSR count). The lowest BCUT2D eigenvalue weighted by Crippen LogP contribution is -2.33. The number of carbonyl (C=O) groups is 2. The van der Waals surface area contributed by atoms with Crippen molar-refractivity contribution in [2.24, 2.45) is 0 Å². The van der Waals surface area contributed by atoms with Crippen LogP contribution in [0.3, 0.4) is 0 Å². The summed E-state index contributed by atoms with van der Waals surface area (Å²) < 4.78 is 16.7. The van der Waals surface area contributed by atoms with Gasteiger partial charge in [-0.15, -0.1) is 0 Å². The highest BCUT2D eigenvalue weighted by molar-refractivity contribution is 9.09. The number of ketones is 1. The summed E-state index contributed by atoms with van der Waals surface area (Å²) in [5.74, 6) is 0.742. The SMILES string of the molecule is CCOC(=O)C1CCc2cc(C(C)=O)c(OCCCCCBr)cc2O1. The quantitative estimate of drug-likeness (QED) is 0.264. The van der Waals surface area contributed by atoms with E-state index in [0.29, 0.717) is 43.1 Å². The zero-order valence-corrected chi connectivity index (χ0v) is 16.4. The number of halogens is 1. The molecule has 0 saturated heterocycles. The highest BCUT2D eigenvalue weighted by atomic mass is 79.9. The molecule has 6 heteroatoms. The lowest BCUT2D eigenvalue weighted by molar-refractivity contribution is -0.152. The van der Waals surface area contributed by atoms with Crippen molar-refractivity contribution in [3.63, 3.8) is 0 Å². The van der Waals surface area contributed by atoms with Gasteiger partial charge in [0, 0.05) is 11.4 Å². The second kappa shape index (κ2) is 9.80. The Morgan fingerprint density at radius 1 is 1.28 bits per heavy atom. The lowest BCUT2D eigenvalue weighted by Gasteiger charge is -2.26. The normalized spacial score (nSPS) is 15.9. The molecule has 0 fully saturated rings. The minimum Gasteiger partial charge on any atom is -0.493 e. The Balaban J connectivity index is 2.12. The van der Waals surface area contributed by atoms with Gasteiger partial charge in [0.25, 0.3) is 0 Å².